The number of fused-ring (bicyclic) bond motifs is 1. The van der Waals surface area contributed by atoms with E-state index >= 15 is 0 Å². The molecule has 1 fully saturated rings. The lowest BCUT2D eigenvalue weighted by Crippen LogP contribution is -2.10. The number of esters is 1. The summed E-state index contributed by atoms with van der Waals surface area (Å²) in [6.07, 6.45) is 3.59. The van der Waals surface area contributed by atoms with Gasteiger partial charge in [-0.2, -0.15) is 0 Å². The predicted molar refractivity (Wildman–Crippen MR) is 97.7 cm³/mol. The second-order valence-corrected chi connectivity index (χ2v) is 7.87. The lowest BCUT2D eigenvalue weighted by molar-refractivity contribution is -0.144. The number of rotatable bonds is 5. The minimum absolute atomic E-state index is 0.0175. The Morgan fingerprint density at radius 2 is 2.04 bits per heavy atom. The molecular formula is C19H20Cl2O4. The summed E-state index contributed by atoms with van der Waals surface area (Å²) < 4.78 is 16.3. The largest absolute Gasteiger partial charge is 0.461 e. The SMILES string of the molecule is CC(=CCOC(=O)C1C(C=C(Cl)Cl)C1(C)C)c1ccc2c(c1)OCO2. The molecule has 4 nitrogen and oxygen atoms in total. The van der Waals surface area contributed by atoms with E-state index in [9.17, 15) is 4.79 Å². The van der Waals surface area contributed by atoms with Gasteiger partial charge in [-0.25, -0.2) is 0 Å². The molecule has 6 heteroatoms. The first-order valence-corrected chi connectivity index (χ1v) is 8.82. The number of benzene rings is 1. The van der Waals surface area contributed by atoms with Gasteiger partial charge in [0.25, 0.3) is 0 Å². The second kappa shape index (κ2) is 6.93. The monoisotopic (exact) mass is 382 g/mol. The summed E-state index contributed by atoms with van der Waals surface area (Å²) in [6, 6.07) is 5.75. The molecule has 0 radical (unpaired) electrons. The molecule has 0 aromatic heterocycles. The maximum Gasteiger partial charge on any atom is 0.310 e. The van der Waals surface area contributed by atoms with Gasteiger partial charge in [0, 0.05) is 0 Å². The second-order valence-electron chi connectivity index (χ2n) is 6.87. The molecule has 1 aliphatic heterocycles. The molecular weight excluding hydrogens is 363 g/mol. The van der Waals surface area contributed by atoms with Gasteiger partial charge in [0.2, 0.25) is 6.79 Å². The average Bonchev–Trinajstić information content (AvgIpc) is 2.89. The van der Waals surface area contributed by atoms with Gasteiger partial charge in [-0.05, 0) is 53.7 Å². The average molecular weight is 383 g/mol. The molecule has 134 valence electrons. The highest BCUT2D eigenvalue weighted by molar-refractivity contribution is 6.55. The van der Waals surface area contributed by atoms with Gasteiger partial charge < -0.3 is 14.2 Å². The van der Waals surface area contributed by atoms with Crippen LogP contribution in [0.2, 0.25) is 0 Å². The van der Waals surface area contributed by atoms with E-state index in [0.29, 0.717) is 0 Å². The molecule has 2 aliphatic rings. The van der Waals surface area contributed by atoms with E-state index in [2.05, 4.69) is 0 Å². The van der Waals surface area contributed by atoms with E-state index in [1.165, 1.54) is 0 Å². The van der Waals surface area contributed by atoms with E-state index in [4.69, 9.17) is 37.4 Å². The van der Waals surface area contributed by atoms with Gasteiger partial charge in [-0.15, -0.1) is 0 Å². The molecule has 0 bridgehead atoms. The Kier molecular flexibility index (Phi) is 5.03. The zero-order chi connectivity index (χ0) is 18.2. The van der Waals surface area contributed by atoms with Crippen molar-refractivity contribution in [2.24, 2.45) is 17.3 Å². The highest BCUT2D eigenvalue weighted by atomic mass is 35.5. The topological polar surface area (TPSA) is 44.8 Å². The molecule has 2 unspecified atom stereocenters. The quantitative estimate of drug-likeness (QED) is 0.675. The molecule has 1 aliphatic carbocycles. The van der Waals surface area contributed by atoms with Crippen molar-refractivity contribution < 1.29 is 19.0 Å². The van der Waals surface area contributed by atoms with Crippen molar-refractivity contribution in [1.82, 2.24) is 0 Å². The standard InChI is InChI=1S/C19H20Cl2O4/c1-11(12-4-5-14-15(8-12)25-10-24-14)6-7-23-18(22)17-13(9-16(20)21)19(17,2)3/h4-6,8-9,13,17H,7,10H2,1-3H3. The summed E-state index contributed by atoms with van der Waals surface area (Å²) >= 11 is 11.4. The number of allylic oxidation sites excluding steroid dienone is 2. The van der Waals surface area contributed by atoms with Crippen LogP contribution >= 0.6 is 23.2 Å². The Morgan fingerprint density at radius 3 is 2.76 bits per heavy atom. The van der Waals surface area contributed by atoms with Crippen LogP contribution in [-0.2, 0) is 9.53 Å². The number of hydrogen-bond acceptors (Lipinski definition) is 4. The third kappa shape index (κ3) is 3.80. The Balaban J connectivity index is 1.58. The zero-order valence-electron chi connectivity index (χ0n) is 14.3. The first-order valence-electron chi connectivity index (χ1n) is 8.07. The summed E-state index contributed by atoms with van der Waals surface area (Å²) in [5.41, 5.74) is 1.82. The maximum atomic E-state index is 12.3. The Hall–Kier alpha value is -1.65. The van der Waals surface area contributed by atoms with E-state index in [-0.39, 0.29) is 41.1 Å². The zero-order valence-corrected chi connectivity index (χ0v) is 15.9. The van der Waals surface area contributed by atoms with Crippen molar-refractivity contribution in [3.63, 3.8) is 0 Å². The van der Waals surface area contributed by atoms with Gasteiger partial charge in [-0.1, -0.05) is 43.1 Å². The van der Waals surface area contributed by atoms with Crippen molar-refractivity contribution >= 4 is 34.7 Å². The molecule has 3 rings (SSSR count). The normalized spacial score (nSPS) is 23.2. The molecule has 25 heavy (non-hydrogen) atoms. The number of halogens is 2. The van der Waals surface area contributed by atoms with E-state index in [0.717, 1.165) is 22.6 Å². The fourth-order valence-electron chi connectivity index (χ4n) is 3.17. The molecule has 0 saturated heterocycles. The van der Waals surface area contributed by atoms with Crippen LogP contribution in [0.3, 0.4) is 0 Å². The van der Waals surface area contributed by atoms with Gasteiger partial charge in [-0.3, -0.25) is 4.79 Å². The van der Waals surface area contributed by atoms with Crippen LogP contribution in [-0.4, -0.2) is 19.4 Å². The number of carbonyl (C=O) groups is 1. The fraction of sp³-hybridized carbons (Fsp3) is 0.421. The van der Waals surface area contributed by atoms with Crippen molar-refractivity contribution in [2.75, 3.05) is 13.4 Å². The molecule has 0 spiro atoms. The van der Waals surface area contributed by atoms with Crippen molar-refractivity contribution in [1.29, 1.82) is 0 Å². The molecule has 1 aromatic rings. The van der Waals surface area contributed by atoms with Crippen molar-refractivity contribution in [2.45, 2.75) is 20.8 Å². The number of hydrogen-bond donors (Lipinski definition) is 0. The highest BCUT2D eigenvalue weighted by Gasteiger charge is 2.61. The molecule has 0 amide bonds. The summed E-state index contributed by atoms with van der Waals surface area (Å²) in [6.45, 7) is 6.44. The third-order valence-electron chi connectivity index (χ3n) is 4.91. The maximum absolute atomic E-state index is 12.3. The molecule has 1 aromatic carbocycles. The van der Waals surface area contributed by atoms with Crippen LogP contribution in [0.5, 0.6) is 11.5 Å². The lowest BCUT2D eigenvalue weighted by Gasteiger charge is -2.06. The molecule has 2 atom stereocenters. The first-order chi connectivity index (χ1) is 11.8. The Labute approximate surface area is 157 Å². The molecule has 1 heterocycles. The van der Waals surface area contributed by atoms with Gasteiger partial charge in [0.1, 0.15) is 11.1 Å². The molecule has 1 saturated carbocycles. The summed E-state index contributed by atoms with van der Waals surface area (Å²) in [5, 5.41) is 0. The first kappa shape index (κ1) is 18.2. The van der Waals surface area contributed by atoms with Crippen LogP contribution in [0, 0.1) is 17.3 Å². The summed E-state index contributed by atoms with van der Waals surface area (Å²) in [7, 11) is 0. The Morgan fingerprint density at radius 1 is 1.32 bits per heavy atom. The summed E-state index contributed by atoms with van der Waals surface area (Å²) in [5.74, 6) is 1.06. The van der Waals surface area contributed by atoms with Crippen LogP contribution in [0.4, 0.5) is 0 Å². The van der Waals surface area contributed by atoms with Gasteiger partial charge >= 0.3 is 5.97 Å². The van der Waals surface area contributed by atoms with E-state index in [1.54, 1.807) is 6.08 Å². The minimum atomic E-state index is -0.226. The van der Waals surface area contributed by atoms with Crippen LogP contribution < -0.4 is 9.47 Å². The van der Waals surface area contributed by atoms with Gasteiger partial charge in [0.05, 0.1) is 5.92 Å². The summed E-state index contributed by atoms with van der Waals surface area (Å²) in [4.78, 5) is 12.3. The van der Waals surface area contributed by atoms with Crippen molar-refractivity contribution in [3.05, 3.63) is 40.4 Å². The lowest BCUT2D eigenvalue weighted by atomic mass is 10.1. The van der Waals surface area contributed by atoms with E-state index < -0.39 is 0 Å². The fourth-order valence-corrected chi connectivity index (χ4v) is 3.44. The van der Waals surface area contributed by atoms with Crippen molar-refractivity contribution in [3.8, 4) is 11.5 Å². The predicted octanol–water partition coefficient (Wildman–Crippen LogP) is 4.95. The Bertz CT molecular complexity index is 748. The smallest absolute Gasteiger partial charge is 0.310 e. The van der Waals surface area contributed by atoms with Crippen LogP contribution in [0.15, 0.2) is 34.8 Å². The third-order valence-corrected chi connectivity index (χ3v) is 5.17. The number of carbonyl (C=O) groups excluding carboxylic acids is 1. The van der Waals surface area contributed by atoms with Crippen LogP contribution in [0.25, 0.3) is 5.57 Å². The van der Waals surface area contributed by atoms with Crippen LogP contribution in [0.1, 0.15) is 26.3 Å². The molecule has 0 N–H and O–H groups in total. The number of ether oxygens (including phenoxy) is 3. The van der Waals surface area contributed by atoms with E-state index in [1.807, 2.05) is 45.0 Å². The highest BCUT2D eigenvalue weighted by Crippen LogP contribution is 2.60. The minimum Gasteiger partial charge on any atom is -0.461 e. The van der Waals surface area contributed by atoms with Gasteiger partial charge in [0.15, 0.2) is 11.5 Å².